The highest BCUT2D eigenvalue weighted by molar-refractivity contribution is 5.76. The molecule has 7 unspecified atom stereocenters. The van der Waals surface area contributed by atoms with Crippen molar-refractivity contribution in [2.24, 2.45) is 0 Å². The van der Waals surface area contributed by atoms with Crippen LogP contribution in [0.2, 0.25) is 0 Å². The Morgan fingerprint density at radius 2 is 0.857 bits per heavy atom. The van der Waals surface area contributed by atoms with Gasteiger partial charge >= 0.3 is 0 Å². The molecular formula is C61H111NO8. The van der Waals surface area contributed by atoms with Crippen LogP contribution in [0, 0.1) is 0 Å². The van der Waals surface area contributed by atoms with Crippen LogP contribution in [0.3, 0.4) is 0 Å². The fourth-order valence-corrected chi connectivity index (χ4v) is 9.10. The molecule has 1 amide bonds. The number of nitrogens with one attached hydrogen (secondary N) is 1. The summed E-state index contributed by atoms with van der Waals surface area (Å²) in [5.41, 5.74) is 0. The lowest BCUT2D eigenvalue weighted by Crippen LogP contribution is -2.60. The zero-order valence-electron chi connectivity index (χ0n) is 45.3. The average molecular weight is 987 g/mol. The first-order valence-electron chi connectivity index (χ1n) is 29.5. The summed E-state index contributed by atoms with van der Waals surface area (Å²) in [6, 6.07) is -0.831. The van der Waals surface area contributed by atoms with Crippen LogP contribution in [-0.4, -0.2) is 87.5 Å². The van der Waals surface area contributed by atoms with E-state index in [2.05, 4.69) is 67.8 Å². The number of rotatable bonds is 50. The molecule has 1 fully saturated rings. The maximum Gasteiger partial charge on any atom is 0.220 e. The monoisotopic (exact) mass is 986 g/mol. The first-order chi connectivity index (χ1) is 34.3. The highest BCUT2D eigenvalue weighted by atomic mass is 16.7. The summed E-state index contributed by atoms with van der Waals surface area (Å²) < 4.78 is 11.3. The second-order valence-electron chi connectivity index (χ2n) is 20.4. The summed E-state index contributed by atoms with van der Waals surface area (Å²) in [4.78, 5) is 13.1. The van der Waals surface area contributed by atoms with Crippen molar-refractivity contribution in [3.05, 3.63) is 60.8 Å². The number of hydrogen-bond donors (Lipinski definition) is 6. The van der Waals surface area contributed by atoms with Gasteiger partial charge in [-0.15, -0.1) is 0 Å². The molecule has 70 heavy (non-hydrogen) atoms. The number of unbranched alkanes of at least 4 members (excludes halogenated alkanes) is 32. The molecule has 0 radical (unpaired) electrons. The lowest BCUT2D eigenvalue weighted by molar-refractivity contribution is -0.302. The molecule has 9 heteroatoms. The summed E-state index contributed by atoms with van der Waals surface area (Å²) in [6.07, 6.45) is 61.4. The van der Waals surface area contributed by atoms with Crippen molar-refractivity contribution in [2.45, 2.75) is 307 Å². The molecule has 7 atom stereocenters. The number of carbonyl (C=O) groups excluding carboxylic acids is 1. The summed E-state index contributed by atoms with van der Waals surface area (Å²) in [5, 5.41) is 54.5. The lowest BCUT2D eigenvalue weighted by atomic mass is 9.99. The van der Waals surface area contributed by atoms with E-state index in [4.69, 9.17) is 9.47 Å². The summed E-state index contributed by atoms with van der Waals surface area (Å²) >= 11 is 0. The first-order valence-corrected chi connectivity index (χ1v) is 29.5. The number of ether oxygens (including phenoxy) is 2. The predicted molar refractivity (Wildman–Crippen MR) is 295 cm³/mol. The molecule has 408 valence electrons. The quantitative estimate of drug-likeness (QED) is 0.0261. The summed E-state index contributed by atoms with van der Waals surface area (Å²) in [7, 11) is 0. The largest absolute Gasteiger partial charge is 0.394 e. The van der Waals surface area contributed by atoms with Crippen molar-refractivity contribution in [3.8, 4) is 0 Å². The SMILES string of the molecule is CCCCCCC/C=C\C/C=C\CCCCCCCCCCCCCCCC(=O)NC(COC1OC(CO)C(O)C(O)C1O)C(O)/C=C/CC/C=C/CC/C=C/CCCCCCCCCCCCCC. The molecule has 0 bridgehead atoms. The lowest BCUT2D eigenvalue weighted by Gasteiger charge is -2.40. The normalized spacial score (nSPS) is 19.8. The van der Waals surface area contributed by atoms with Crippen molar-refractivity contribution in [1.29, 1.82) is 0 Å². The molecule has 6 N–H and O–H groups in total. The van der Waals surface area contributed by atoms with Crippen LogP contribution < -0.4 is 5.32 Å². The van der Waals surface area contributed by atoms with E-state index in [9.17, 15) is 30.3 Å². The number of aliphatic hydroxyl groups excluding tert-OH is 5. The van der Waals surface area contributed by atoms with Gasteiger partial charge in [-0.3, -0.25) is 4.79 Å². The minimum Gasteiger partial charge on any atom is -0.394 e. The Morgan fingerprint density at radius 3 is 1.29 bits per heavy atom. The van der Waals surface area contributed by atoms with E-state index in [1.807, 2.05) is 6.08 Å². The van der Waals surface area contributed by atoms with Gasteiger partial charge in [0.05, 0.1) is 25.4 Å². The van der Waals surface area contributed by atoms with E-state index in [0.717, 1.165) is 51.4 Å². The Bertz CT molecular complexity index is 1280. The van der Waals surface area contributed by atoms with Gasteiger partial charge in [-0.05, 0) is 77.0 Å². The summed E-state index contributed by atoms with van der Waals surface area (Å²) in [6.45, 7) is 3.77. The smallest absolute Gasteiger partial charge is 0.220 e. The van der Waals surface area contributed by atoms with Crippen LogP contribution >= 0.6 is 0 Å². The highest BCUT2D eigenvalue weighted by Crippen LogP contribution is 2.23. The van der Waals surface area contributed by atoms with Gasteiger partial charge in [0.1, 0.15) is 24.4 Å². The molecule has 0 spiro atoms. The zero-order valence-corrected chi connectivity index (χ0v) is 45.3. The van der Waals surface area contributed by atoms with Crippen LogP contribution in [0.5, 0.6) is 0 Å². The number of carbonyl (C=O) groups is 1. The molecule has 1 heterocycles. The van der Waals surface area contributed by atoms with Crippen molar-refractivity contribution in [1.82, 2.24) is 5.32 Å². The van der Waals surface area contributed by atoms with Gasteiger partial charge in [0.2, 0.25) is 5.91 Å². The van der Waals surface area contributed by atoms with Crippen molar-refractivity contribution >= 4 is 5.91 Å². The minimum atomic E-state index is -1.58. The van der Waals surface area contributed by atoms with Crippen LogP contribution in [0.15, 0.2) is 60.8 Å². The van der Waals surface area contributed by atoms with Crippen LogP contribution in [-0.2, 0) is 14.3 Å². The Labute approximate surface area is 430 Å². The van der Waals surface area contributed by atoms with Crippen molar-refractivity contribution < 1.29 is 39.8 Å². The van der Waals surface area contributed by atoms with E-state index < -0.39 is 49.5 Å². The maximum absolute atomic E-state index is 13.1. The van der Waals surface area contributed by atoms with Crippen molar-refractivity contribution in [2.75, 3.05) is 13.2 Å². The number of allylic oxidation sites excluding steroid dienone is 9. The fourth-order valence-electron chi connectivity index (χ4n) is 9.10. The Kier molecular flexibility index (Phi) is 47.5. The second kappa shape index (κ2) is 50.4. The number of amides is 1. The first kappa shape index (κ1) is 65.9. The highest BCUT2D eigenvalue weighted by Gasteiger charge is 2.44. The van der Waals surface area contributed by atoms with Gasteiger partial charge in [-0.1, -0.05) is 242 Å². The van der Waals surface area contributed by atoms with Crippen LogP contribution in [0.1, 0.15) is 264 Å². The molecule has 0 aromatic carbocycles. The van der Waals surface area contributed by atoms with Gasteiger partial charge in [-0.25, -0.2) is 0 Å². The van der Waals surface area contributed by atoms with Gasteiger partial charge in [0.25, 0.3) is 0 Å². The van der Waals surface area contributed by atoms with Crippen LogP contribution in [0.4, 0.5) is 0 Å². The fraction of sp³-hybridized carbons (Fsp3) is 0.820. The van der Waals surface area contributed by atoms with E-state index in [1.54, 1.807) is 6.08 Å². The van der Waals surface area contributed by atoms with Gasteiger partial charge in [0.15, 0.2) is 6.29 Å². The molecule has 0 saturated carbocycles. The molecule has 0 aromatic rings. The third kappa shape index (κ3) is 39.4. The maximum atomic E-state index is 13.1. The molecule has 1 rings (SSSR count). The standard InChI is InChI=1S/C61H111NO8/c1-3-5-7-9-11-13-15-17-19-21-23-25-27-28-29-31-33-35-37-39-41-43-45-47-49-51-57(65)62-54(53-69-61-60(68)59(67)58(66)56(52-63)70-61)55(64)50-48-46-44-42-40-38-36-34-32-30-26-24-22-20-18-16-14-12-10-8-6-4-2/h15,17,21,23,32,34,40,42,48,50,54-56,58-61,63-64,66-68H,3-14,16,18-20,22,24-31,33,35-39,41,43-47,49,51-53H2,1-2H3,(H,62,65)/b17-15-,23-21-,34-32+,42-40+,50-48+. The van der Waals surface area contributed by atoms with Gasteiger partial charge in [-0.2, -0.15) is 0 Å². The van der Waals surface area contributed by atoms with E-state index in [1.165, 1.54) is 193 Å². The molecule has 1 aliphatic heterocycles. The van der Waals surface area contributed by atoms with E-state index >= 15 is 0 Å². The zero-order chi connectivity index (χ0) is 50.8. The second-order valence-corrected chi connectivity index (χ2v) is 20.4. The number of hydrogen-bond acceptors (Lipinski definition) is 8. The Hall–Kier alpha value is -2.11. The Morgan fingerprint density at radius 1 is 0.486 bits per heavy atom. The van der Waals surface area contributed by atoms with Crippen LogP contribution in [0.25, 0.3) is 0 Å². The summed E-state index contributed by atoms with van der Waals surface area (Å²) in [5.74, 6) is -0.191. The third-order valence-corrected chi connectivity index (χ3v) is 13.8. The topological polar surface area (TPSA) is 149 Å². The van der Waals surface area contributed by atoms with E-state index in [-0.39, 0.29) is 12.5 Å². The average Bonchev–Trinajstić information content (AvgIpc) is 3.36. The molecule has 1 aliphatic rings. The molecule has 1 saturated heterocycles. The third-order valence-electron chi connectivity index (χ3n) is 13.8. The molecule has 0 aliphatic carbocycles. The molecular weight excluding hydrogens is 875 g/mol. The predicted octanol–water partition coefficient (Wildman–Crippen LogP) is 14.7. The van der Waals surface area contributed by atoms with Gasteiger partial charge < -0.3 is 40.3 Å². The Balaban J connectivity index is 2.25. The molecule has 9 nitrogen and oxygen atoms in total. The van der Waals surface area contributed by atoms with Crippen molar-refractivity contribution in [3.63, 3.8) is 0 Å². The molecule has 0 aromatic heterocycles. The minimum absolute atomic E-state index is 0.191. The number of aliphatic hydroxyl groups is 5. The van der Waals surface area contributed by atoms with Gasteiger partial charge in [0, 0.05) is 6.42 Å². The van der Waals surface area contributed by atoms with E-state index in [0.29, 0.717) is 6.42 Å².